The Kier molecular flexibility index (Phi) is 10.5. The fraction of sp³-hybridized carbons (Fsp3) is 0.333. The summed E-state index contributed by atoms with van der Waals surface area (Å²) in [6, 6.07) is 25.1. The smallest absolute Gasteiger partial charge is 0.243 e. The first kappa shape index (κ1) is 26.1. The van der Waals surface area contributed by atoms with Crippen molar-refractivity contribution in [3.8, 4) is 0 Å². The predicted octanol–water partition coefficient (Wildman–Crippen LogP) is 5.70. The van der Waals surface area contributed by atoms with Crippen LogP contribution in [0.15, 0.2) is 84.9 Å². The largest absolute Gasteiger partial charge is 0.354 e. The minimum Gasteiger partial charge on any atom is -0.354 e. The topological polar surface area (TPSA) is 49.4 Å². The van der Waals surface area contributed by atoms with E-state index in [1.54, 1.807) is 17.0 Å². The normalized spacial score (nSPS) is 11.6. The molecule has 35 heavy (non-hydrogen) atoms. The molecule has 3 rings (SSSR count). The average molecular weight is 475 g/mol. The molecule has 4 nitrogen and oxygen atoms in total. The summed E-state index contributed by atoms with van der Waals surface area (Å²) in [7, 11) is 0. The number of halogens is 1. The molecule has 0 aromatic heterocycles. The van der Waals surface area contributed by atoms with E-state index in [0.717, 1.165) is 36.0 Å². The van der Waals surface area contributed by atoms with Crippen LogP contribution in [0.25, 0.3) is 0 Å². The molecule has 0 aliphatic heterocycles. The summed E-state index contributed by atoms with van der Waals surface area (Å²) in [6.45, 7) is 2.95. The van der Waals surface area contributed by atoms with Gasteiger partial charge in [-0.2, -0.15) is 0 Å². The van der Waals surface area contributed by atoms with E-state index in [1.165, 1.54) is 12.1 Å². The van der Waals surface area contributed by atoms with Crippen LogP contribution in [-0.4, -0.2) is 29.3 Å². The maximum Gasteiger partial charge on any atom is 0.243 e. The standard InChI is InChI=1S/C30H35FN2O2/c1-2-3-10-21-32-30(35)28(22-25-13-8-5-9-14-25)33(23-26-15-18-27(31)19-16-26)29(34)20-17-24-11-6-4-7-12-24/h4-9,11-16,18-19,28H,2-3,10,17,20-23H2,1H3,(H,32,35)/t28-/m0/s1. The predicted molar refractivity (Wildman–Crippen MR) is 138 cm³/mol. The molecule has 0 aliphatic rings. The van der Waals surface area contributed by atoms with Crippen LogP contribution in [0.4, 0.5) is 4.39 Å². The third kappa shape index (κ3) is 8.67. The van der Waals surface area contributed by atoms with E-state index < -0.39 is 6.04 Å². The number of nitrogens with one attached hydrogen (secondary N) is 1. The second-order valence-electron chi connectivity index (χ2n) is 8.84. The average Bonchev–Trinajstić information content (AvgIpc) is 2.89. The van der Waals surface area contributed by atoms with Crippen LogP contribution in [0.3, 0.4) is 0 Å². The maximum atomic E-state index is 13.6. The first-order chi connectivity index (χ1) is 17.1. The monoisotopic (exact) mass is 474 g/mol. The van der Waals surface area contributed by atoms with Gasteiger partial charge in [0.2, 0.25) is 11.8 Å². The molecule has 0 aliphatic carbocycles. The molecule has 0 heterocycles. The van der Waals surface area contributed by atoms with Crippen molar-refractivity contribution in [2.45, 2.75) is 58.0 Å². The number of carbonyl (C=O) groups is 2. The van der Waals surface area contributed by atoms with Crippen molar-refractivity contribution in [3.05, 3.63) is 107 Å². The lowest BCUT2D eigenvalue weighted by Crippen LogP contribution is -2.50. The van der Waals surface area contributed by atoms with Gasteiger partial charge in [-0.1, -0.05) is 92.6 Å². The van der Waals surface area contributed by atoms with Gasteiger partial charge in [-0.25, -0.2) is 4.39 Å². The van der Waals surface area contributed by atoms with Gasteiger partial charge < -0.3 is 10.2 Å². The van der Waals surface area contributed by atoms with E-state index >= 15 is 0 Å². The van der Waals surface area contributed by atoms with Crippen molar-refractivity contribution < 1.29 is 14.0 Å². The lowest BCUT2D eigenvalue weighted by atomic mass is 10.0. The minimum atomic E-state index is -0.660. The second-order valence-corrected chi connectivity index (χ2v) is 8.84. The summed E-state index contributed by atoms with van der Waals surface area (Å²) < 4.78 is 13.5. The number of benzene rings is 3. The van der Waals surface area contributed by atoms with E-state index in [1.807, 2.05) is 60.7 Å². The number of unbranched alkanes of at least 4 members (excludes halogenated alkanes) is 2. The van der Waals surface area contributed by atoms with Gasteiger partial charge in [0.25, 0.3) is 0 Å². The highest BCUT2D eigenvalue weighted by molar-refractivity contribution is 5.88. The van der Waals surface area contributed by atoms with Gasteiger partial charge in [-0.15, -0.1) is 0 Å². The summed E-state index contributed by atoms with van der Waals surface area (Å²) in [4.78, 5) is 28.6. The van der Waals surface area contributed by atoms with Gasteiger partial charge in [0, 0.05) is 25.9 Å². The second kappa shape index (κ2) is 14.1. The van der Waals surface area contributed by atoms with Crippen LogP contribution in [0.2, 0.25) is 0 Å². The molecular weight excluding hydrogens is 439 g/mol. The zero-order chi connectivity index (χ0) is 24.9. The quantitative estimate of drug-likeness (QED) is 0.323. The van der Waals surface area contributed by atoms with Crippen molar-refractivity contribution in [2.75, 3.05) is 6.54 Å². The molecule has 1 N–H and O–H groups in total. The van der Waals surface area contributed by atoms with Crippen LogP contribution in [0, 0.1) is 5.82 Å². The number of amides is 2. The number of carbonyl (C=O) groups excluding carboxylic acids is 2. The van der Waals surface area contributed by atoms with E-state index in [-0.39, 0.29) is 24.2 Å². The Labute approximate surface area is 208 Å². The zero-order valence-electron chi connectivity index (χ0n) is 20.5. The van der Waals surface area contributed by atoms with Crippen molar-refractivity contribution in [2.24, 2.45) is 0 Å². The van der Waals surface area contributed by atoms with Crippen LogP contribution in [0.5, 0.6) is 0 Å². The highest BCUT2D eigenvalue weighted by atomic mass is 19.1. The molecule has 5 heteroatoms. The van der Waals surface area contributed by atoms with Gasteiger partial charge in [-0.3, -0.25) is 9.59 Å². The van der Waals surface area contributed by atoms with E-state index in [2.05, 4.69) is 12.2 Å². The molecule has 3 aromatic rings. The Morgan fingerprint density at radius 3 is 2.09 bits per heavy atom. The van der Waals surface area contributed by atoms with Crippen LogP contribution in [-0.2, 0) is 29.0 Å². The molecule has 0 saturated carbocycles. The van der Waals surface area contributed by atoms with Gasteiger partial charge in [0.05, 0.1) is 0 Å². The Morgan fingerprint density at radius 2 is 1.46 bits per heavy atom. The lowest BCUT2D eigenvalue weighted by Gasteiger charge is -2.31. The molecule has 2 amide bonds. The molecule has 1 atom stereocenters. The summed E-state index contributed by atoms with van der Waals surface area (Å²) in [6.07, 6.45) is 4.31. The van der Waals surface area contributed by atoms with Crippen LogP contribution >= 0.6 is 0 Å². The zero-order valence-corrected chi connectivity index (χ0v) is 20.5. The molecule has 0 bridgehead atoms. The van der Waals surface area contributed by atoms with Crippen LogP contribution < -0.4 is 5.32 Å². The molecule has 0 fully saturated rings. The van der Waals surface area contributed by atoms with Gasteiger partial charge in [0.15, 0.2) is 0 Å². The maximum absolute atomic E-state index is 13.6. The molecule has 0 spiro atoms. The van der Waals surface area contributed by atoms with Crippen molar-refractivity contribution in [3.63, 3.8) is 0 Å². The SMILES string of the molecule is CCCCCNC(=O)[C@H](Cc1ccccc1)N(Cc1ccc(F)cc1)C(=O)CCc1ccccc1. The summed E-state index contributed by atoms with van der Waals surface area (Å²) >= 11 is 0. The molecule has 0 unspecified atom stereocenters. The first-order valence-corrected chi connectivity index (χ1v) is 12.5. The number of hydrogen-bond acceptors (Lipinski definition) is 2. The van der Waals surface area contributed by atoms with Crippen molar-refractivity contribution in [1.82, 2.24) is 10.2 Å². The minimum absolute atomic E-state index is 0.0946. The van der Waals surface area contributed by atoms with Crippen molar-refractivity contribution in [1.29, 1.82) is 0 Å². The molecule has 0 saturated heterocycles. The first-order valence-electron chi connectivity index (χ1n) is 12.5. The van der Waals surface area contributed by atoms with E-state index in [9.17, 15) is 14.0 Å². The van der Waals surface area contributed by atoms with Crippen molar-refractivity contribution >= 4 is 11.8 Å². The van der Waals surface area contributed by atoms with Gasteiger partial charge in [-0.05, 0) is 41.7 Å². The Hall–Kier alpha value is -3.47. The van der Waals surface area contributed by atoms with E-state index in [4.69, 9.17) is 0 Å². The fourth-order valence-electron chi connectivity index (χ4n) is 4.08. The molecule has 0 radical (unpaired) electrons. The number of rotatable bonds is 13. The van der Waals surface area contributed by atoms with Gasteiger partial charge >= 0.3 is 0 Å². The molecule has 184 valence electrons. The van der Waals surface area contributed by atoms with Gasteiger partial charge in [0.1, 0.15) is 11.9 Å². The summed E-state index contributed by atoms with van der Waals surface area (Å²) in [5.41, 5.74) is 2.85. The Morgan fingerprint density at radius 1 is 0.829 bits per heavy atom. The molecular formula is C30H35FN2O2. The number of nitrogens with zero attached hydrogens (tertiary/aromatic N) is 1. The summed E-state index contributed by atoms with van der Waals surface area (Å²) in [5.74, 6) is -0.576. The molecule has 3 aromatic carbocycles. The van der Waals surface area contributed by atoms with Crippen LogP contribution in [0.1, 0.15) is 49.3 Å². The lowest BCUT2D eigenvalue weighted by molar-refractivity contribution is -0.141. The Bertz CT molecular complexity index is 1040. The van der Waals surface area contributed by atoms with E-state index in [0.29, 0.717) is 25.8 Å². The number of hydrogen-bond donors (Lipinski definition) is 1. The highest BCUT2D eigenvalue weighted by Gasteiger charge is 2.30. The third-order valence-corrected chi connectivity index (χ3v) is 6.09. The third-order valence-electron chi connectivity index (χ3n) is 6.09. The summed E-state index contributed by atoms with van der Waals surface area (Å²) in [5, 5.41) is 3.05. The Balaban J connectivity index is 1.85. The fourth-order valence-corrected chi connectivity index (χ4v) is 4.08. The number of aryl methyl sites for hydroxylation is 1. The highest BCUT2D eigenvalue weighted by Crippen LogP contribution is 2.17.